The van der Waals surface area contributed by atoms with Crippen molar-refractivity contribution in [3.8, 4) is 0 Å². The lowest BCUT2D eigenvalue weighted by Crippen LogP contribution is -2.36. The summed E-state index contributed by atoms with van der Waals surface area (Å²) >= 11 is 6.51. The van der Waals surface area contributed by atoms with E-state index in [9.17, 15) is 23.1 Å². The van der Waals surface area contributed by atoms with E-state index in [1.165, 1.54) is 5.38 Å². The van der Waals surface area contributed by atoms with Crippen LogP contribution in [0, 0.1) is 5.92 Å². The number of thiazole rings is 1. The van der Waals surface area contributed by atoms with Crippen molar-refractivity contribution in [1.29, 1.82) is 0 Å². The van der Waals surface area contributed by atoms with E-state index in [0.29, 0.717) is 28.7 Å². The third-order valence-electron chi connectivity index (χ3n) is 5.80. The second-order valence-corrected chi connectivity index (χ2v) is 9.37. The van der Waals surface area contributed by atoms with Gasteiger partial charge < -0.3 is 14.9 Å². The fourth-order valence-electron chi connectivity index (χ4n) is 4.00. The summed E-state index contributed by atoms with van der Waals surface area (Å²) in [6.07, 6.45) is -3.24. The Morgan fingerprint density at radius 2 is 1.97 bits per heavy atom. The lowest BCUT2D eigenvalue weighted by Gasteiger charge is -2.33. The van der Waals surface area contributed by atoms with Crippen LogP contribution in [0.25, 0.3) is 10.9 Å². The number of rotatable bonds is 6. The molecule has 0 aliphatic carbocycles. The van der Waals surface area contributed by atoms with Gasteiger partial charge in [-0.15, -0.1) is 11.3 Å². The smallest absolute Gasteiger partial charge is 0.443 e. The van der Waals surface area contributed by atoms with Gasteiger partial charge in [-0.3, -0.25) is 0 Å². The molecule has 3 aromatic rings. The second kappa shape index (κ2) is 9.72. The highest BCUT2D eigenvalue weighted by Gasteiger charge is 2.34. The van der Waals surface area contributed by atoms with Crippen LogP contribution >= 0.6 is 22.9 Å². The van der Waals surface area contributed by atoms with Crippen molar-refractivity contribution in [1.82, 2.24) is 14.9 Å². The first-order valence-electron chi connectivity index (χ1n) is 10.5. The molecular weight excluding hydrogens is 477 g/mol. The molecule has 0 bridgehead atoms. The van der Waals surface area contributed by atoms with E-state index in [-0.39, 0.29) is 18.8 Å². The lowest BCUT2D eigenvalue weighted by atomic mass is 9.93. The minimum Gasteiger partial charge on any atom is -0.465 e. The standard InChI is InChI=1S/C22H22ClF3N4O2S/c23-16-2-3-18-15(11-16)1-4-19(28-18)29-8-5-14(6-9-29)7-10-30(21(31)32)12-17-13-33-20(27-17)22(24,25)26/h1-4,11,13-14H,5-10,12H2,(H,31,32). The predicted molar refractivity (Wildman–Crippen MR) is 122 cm³/mol. The molecule has 176 valence electrons. The zero-order chi connectivity index (χ0) is 23.6. The molecule has 0 unspecified atom stereocenters. The highest BCUT2D eigenvalue weighted by molar-refractivity contribution is 7.09. The average molecular weight is 499 g/mol. The minimum absolute atomic E-state index is 0.119. The van der Waals surface area contributed by atoms with E-state index in [2.05, 4.69) is 9.88 Å². The van der Waals surface area contributed by atoms with E-state index in [1.54, 1.807) is 0 Å². The molecule has 0 radical (unpaired) electrons. The number of alkyl halides is 3. The number of anilines is 1. The molecule has 1 fully saturated rings. The van der Waals surface area contributed by atoms with Crippen LogP contribution in [-0.2, 0) is 12.7 Å². The average Bonchev–Trinajstić information content (AvgIpc) is 3.26. The first-order valence-corrected chi connectivity index (χ1v) is 11.8. The van der Waals surface area contributed by atoms with Crippen molar-refractivity contribution in [2.75, 3.05) is 24.5 Å². The number of carbonyl (C=O) groups is 1. The van der Waals surface area contributed by atoms with E-state index < -0.39 is 17.3 Å². The Kier molecular flexibility index (Phi) is 6.94. The first kappa shape index (κ1) is 23.6. The molecule has 1 saturated heterocycles. The molecule has 3 heterocycles. The van der Waals surface area contributed by atoms with E-state index in [4.69, 9.17) is 16.6 Å². The summed E-state index contributed by atoms with van der Waals surface area (Å²) in [6.45, 7) is 1.73. The van der Waals surface area contributed by atoms with Gasteiger partial charge in [0.1, 0.15) is 5.82 Å². The number of nitrogens with zero attached hydrogens (tertiary/aromatic N) is 4. The molecule has 1 aliphatic heterocycles. The Bertz CT molecular complexity index is 1130. The van der Waals surface area contributed by atoms with Crippen molar-refractivity contribution < 1.29 is 23.1 Å². The SMILES string of the molecule is O=C(O)N(CCC1CCN(c2ccc3cc(Cl)ccc3n2)CC1)Cc1csc(C(F)(F)F)n1. The first-order chi connectivity index (χ1) is 15.7. The normalized spacial score (nSPS) is 15.2. The van der Waals surface area contributed by atoms with E-state index in [1.807, 2.05) is 30.3 Å². The van der Waals surface area contributed by atoms with Gasteiger partial charge in [-0.05, 0) is 55.5 Å². The van der Waals surface area contributed by atoms with Gasteiger partial charge in [0.05, 0.1) is 17.8 Å². The molecule has 0 saturated carbocycles. The van der Waals surface area contributed by atoms with E-state index >= 15 is 0 Å². The Labute approximate surface area is 197 Å². The van der Waals surface area contributed by atoms with Crippen LogP contribution in [-0.4, -0.2) is 45.7 Å². The molecule has 0 atom stereocenters. The van der Waals surface area contributed by atoms with Crippen LogP contribution in [0.15, 0.2) is 35.7 Å². The minimum atomic E-state index is -4.52. The molecule has 1 amide bonds. The fraction of sp³-hybridized carbons (Fsp3) is 0.409. The van der Waals surface area contributed by atoms with Crippen molar-refractivity contribution in [3.05, 3.63) is 51.4 Å². The molecule has 11 heteroatoms. The number of carboxylic acid groups (broad SMARTS) is 1. The third kappa shape index (κ3) is 5.86. The van der Waals surface area contributed by atoms with Gasteiger partial charge in [-0.1, -0.05) is 11.6 Å². The molecule has 6 nitrogen and oxygen atoms in total. The van der Waals surface area contributed by atoms with Crippen LogP contribution in [0.1, 0.15) is 30.0 Å². The highest BCUT2D eigenvalue weighted by atomic mass is 35.5. The molecular formula is C22H22ClF3N4O2S. The maximum Gasteiger partial charge on any atom is 0.443 e. The second-order valence-electron chi connectivity index (χ2n) is 8.07. The number of piperidine rings is 1. The topological polar surface area (TPSA) is 69.6 Å². The summed E-state index contributed by atoms with van der Waals surface area (Å²) < 4.78 is 38.2. The fourth-order valence-corrected chi connectivity index (χ4v) is 4.86. The maximum atomic E-state index is 12.7. The van der Waals surface area contributed by atoms with Gasteiger partial charge in [0, 0.05) is 35.4 Å². The molecule has 1 N–H and O–H groups in total. The van der Waals surface area contributed by atoms with Crippen LogP contribution in [0.5, 0.6) is 0 Å². The van der Waals surface area contributed by atoms with Gasteiger partial charge in [0.25, 0.3) is 0 Å². The quantitative estimate of drug-likeness (QED) is 0.441. The van der Waals surface area contributed by atoms with Crippen LogP contribution in [0.3, 0.4) is 0 Å². The van der Waals surface area contributed by atoms with Gasteiger partial charge in [-0.2, -0.15) is 13.2 Å². The summed E-state index contributed by atoms with van der Waals surface area (Å²) in [5, 5.41) is 11.4. The van der Waals surface area contributed by atoms with Gasteiger partial charge in [0.2, 0.25) is 0 Å². The monoisotopic (exact) mass is 498 g/mol. The highest BCUT2D eigenvalue weighted by Crippen LogP contribution is 2.32. The summed E-state index contributed by atoms with van der Waals surface area (Å²) in [5.41, 5.74) is 1.00. The van der Waals surface area contributed by atoms with Gasteiger partial charge in [0.15, 0.2) is 5.01 Å². The third-order valence-corrected chi connectivity index (χ3v) is 6.97. The number of aromatic nitrogens is 2. The van der Waals surface area contributed by atoms with Crippen molar-refractivity contribution in [3.63, 3.8) is 0 Å². The number of hydrogen-bond acceptors (Lipinski definition) is 5. The number of amides is 1. The van der Waals surface area contributed by atoms with Crippen LogP contribution in [0.4, 0.5) is 23.8 Å². The molecule has 4 rings (SSSR count). The van der Waals surface area contributed by atoms with Gasteiger partial charge >= 0.3 is 12.3 Å². The molecule has 0 spiro atoms. The number of fused-ring (bicyclic) bond motifs is 1. The van der Waals surface area contributed by atoms with E-state index in [0.717, 1.165) is 47.6 Å². The zero-order valence-corrected chi connectivity index (χ0v) is 19.1. The molecule has 2 aromatic heterocycles. The zero-order valence-electron chi connectivity index (χ0n) is 17.6. The van der Waals surface area contributed by atoms with Gasteiger partial charge in [-0.25, -0.2) is 14.8 Å². The Balaban J connectivity index is 1.30. The number of benzene rings is 1. The van der Waals surface area contributed by atoms with Crippen molar-refractivity contribution >= 4 is 45.8 Å². The molecule has 1 aliphatic rings. The number of halogens is 4. The predicted octanol–water partition coefficient (Wildman–Crippen LogP) is 6.15. The number of pyridine rings is 1. The summed E-state index contributed by atoms with van der Waals surface area (Å²) in [4.78, 5) is 23.2. The Morgan fingerprint density at radius 3 is 2.64 bits per heavy atom. The summed E-state index contributed by atoms with van der Waals surface area (Å²) in [7, 11) is 0. The molecule has 1 aromatic carbocycles. The lowest BCUT2D eigenvalue weighted by molar-refractivity contribution is -0.137. The maximum absolute atomic E-state index is 12.7. The summed E-state index contributed by atoms with van der Waals surface area (Å²) in [5.74, 6) is 1.24. The Hall–Kier alpha value is -2.59. The van der Waals surface area contributed by atoms with Crippen molar-refractivity contribution in [2.24, 2.45) is 5.92 Å². The largest absolute Gasteiger partial charge is 0.465 e. The Morgan fingerprint density at radius 1 is 1.21 bits per heavy atom. The number of hydrogen-bond donors (Lipinski definition) is 1. The molecule has 33 heavy (non-hydrogen) atoms. The summed E-state index contributed by atoms with van der Waals surface area (Å²) in [6, 6.07) is 9.58. The van der Waals surface area contributed by atoms with Crippen molar-refractivity contribution in [2.45, 2.75) is 32.0 Å². The van der Waals surface area contributed by atoms with Crippen LogP contribution < -0.4 is 4.90 Å². The van der Waals surface area contributed by atoms with Crippen LogP contribution in [0.2, 0.25) is 5.02 Å².